The molecule has 1 aliphatic heterocycles. The predicted molar refractivity (Wildman–Crippen MR) is 74.2 cm³/mol. The first-order valence-corrected chi connectivity index (χ1v) is 6.67. The van der Waals surface area contributed by atoms with Crippen molar-refractivity contribution in [1.29, 1.82) is 0 Å². The SMILES string of the molecule is COCc1ccccc1C(=O)N1CCc2[nH]ncc2C1. The third kappa shape index (κ3) is 2.32. The maximum Gasteiger partial charge on any atom is 0.254 e. The van der Waals surface area contributed by atoms with Gasteiger partial charge in [-0.15, -0.1) is 0 Å². The molecule has 104 valence electrons. The van der Waals surface area contributed by atoms with Gasteiger partial charge in [0.05, 0.1) is 12.8 Å². The Hall–Kier alpha value is -2.14. The summed E-state index contributed by atoms with van der Waals surface area (Å²) >= 11 is 0. The van der Waals surface area contributed by atoms with Gasteiger partial charge >= 0.3 is 0 Å². The van der Waals surface area contributed by atoms with Crippen LogP contribution in [0, 0.1) is 0 Å². The molecule has 0 saturated carbocycles. The van der Waals surface area contributed by atoms with Crippen LogP contribution in [-0.4, -0.2) is 34.7 Å². The summed E-state index contributed by atoms with van der Waals surface area (Å²) in [6.45, 7) is 1.79. The molecule has 5 heteroatoms. The van der Waals surface area contributed by atoms with Gasteiger partial charge in [-0.05, 0) is 11.6 Å². The maximum absolute atomic E-state index is 12.7. The first-order valence-electron chi connectivity index (χ1n) is 6.67. The van der Waals surface area contributed by atoms with Gasteiger partial charge < -0.3 is 9.64 Å². The number of fused-ring (bicyclic) bond motifs is 1. The Balaban J connectivity index is 1.83. The Labute approximate surface area is 117 Å². The molecule has 0 radical (unpaired) electrons. The highest BCUT2D eigenvalue weighted by Crippen LogP contribution is 2.20. The molecule has 1 N–H and O–H groups in total. The molecule has 0 fully saturated rings. The van der Waals surface area contributed by atoms with Crippen molar-refractivity contribution < 1.29 is 9.53 Å². The molecule has 0 atom stereocenters. The Morgan fingerprint density at radius 3 is 3.15 bits per heavy atom. The largest absolute Gasteiger partial charge is 0.380 e. The normalized spacial score (nSPS) is 14.2. The molecule has 1 aromatic carbocycles. The fraction of sp³-hybridized carbons (Fsp3) is 0.333. The number of ether oxygens (including phenoxy) is 1. The molecule has 3 rings (SSSR count). The lowest BCUT2D eigenvalue weighted by Gasteiger charge is -2.27. The number of methoxy groups -OCH3 is 1. The Morgan fingerprint density at radius 1 is 1.45 bits per heavy atom. The summed E-state index contributed by atoms with van der Waals surface area (Å²) in [5.74, 6) is 0.0597. The number of aromatic nitrogens is 2. The van der Waals surface area contributed by atoms with Crippen molar-refractivity contribution in [2.24, 2.45) is 0 Å². The first-order chi connectivity index (χ1) is 9.79. The molecule has 0 saturated heterocycles. The van der Waals surface area contributed by atoms with Crippen LogP contribution >= 0.6 is 0 Å². The van der Waals surface area contributed by atoms with Crippen molar-refractivity contribution in [3.8, 4) is 0 Å². The number of carbonyl (C=O) groups is 1. The number of H-pyrrole nitrogens is 1. The lowest BCUT2D eigenvalue weighted by molar-refractivity contribution is 0.0729. The number of amides is 1. The number of aromatic amines is 1. The molecule has 0 unspecified atom stereocenters. The second-order valence-electron chi connectivity index (χ2n) is 4.94. The van der Waals surface area contributed by atoms with Crippen LogP contribution in [0.15, 0.2) is 30.5 Å². The maximum atomic E-state index is 12.7. The Bertz CT molecular complexity index is 621. The van der Waals surface area contributed by atoms with Gasteiger partial charge in [-0.3, -0.25) is 9.89 Å². The third-order valence-electron chi connectivity index (χ3n) is 3.64. The number of rotatable bonds is 3. The van der Waals surface area contributed by atoms with Crippen molar-refractivity contribution in [1.82, 2.24) is 15.1 Å². The summed E-state index contributed by atoms with van der Waals surface area (Å²) in [7, 11) is 1.64. The van der Waals surface area contributed by atoms with E-state index in [-0.39, 0.29) is 5.91 Å². The van der Waals surface area contributed by atoms with E-state index in [2.05, 4.69) is 10.2 Å². The highest BCUT2D eigenvalue weighted by molar-refractivity contribution is 5.95. The Morgan fingerprint density at radius 2 is 2.30 bits per heavy atom. The number of carbonyl (C=O) groups excluding carboxylic acids is 1. The van der Waals surface area contributed by atoms with Gasteiger partial charge in [0, 0.05) is 43.4 Å². The van der Waals surface area contributed by atoms with Crippen LogP contribution in [-0.2, 0) is 24.3 Å². The molecule has 2 aromatic rings. The van der Waals surface area contributed by atoms with Crippen molar-refractivity contribution in [2.75, 3.05) is 13.7 Å². The van der Waals surface area contributed by atoms with Crippen molar-refractivity contribution >= 4 is 5.91 Å². The van der Waals surface area contributed by atoms with E-state index in [4.69, 9.17) is 4.74 Å². The minimum absolute atomic E-state index is 0.0597. The quantitative estimate of drug-likeness (QED) is 0.925. The minimum Gasteiger partial charge on any atom is -0.380 e. The third-order valence-corrected chi connectivity index (χ3v) is 3.64. The van der Waals surface area contributed by atoms with Gasteiger partial charge in [-0.25, -0.2) is 0 Å². The molecule has 1 amide bonds. The molecule has 1 aliphatic rings. The van der Waals surface area contributed by atoms with Crippen LogP contribution < -0.4 is 0 Å². The van der Waals surface area contributed by atoms with Crippen molar-refractivity contribution in [3.63, 3.8) is 0 Å². The number of hydrogen-bond acceptors (Lipinski definition) is 3. The summed E-state index contributed by atoms with van der Waals surface area (Å²) < 4.78 is 5.16. The second-order valence-corrected chi connectivity index (χ2v) is 4.94. The lowest BCUT2D eigenvalue weighted by atomic mass is 10.0. The van der Waals surface area contributed by atoms with Gasteiger partial charge in [-0.2, -0.15) is 5.10 Å². The first kappa shape index (κ1) is 12.9. The van der Waals surface area contributed by atoms with Crippen LogP contribution in [0.4, 0.5) is 0 Å². The van der Waals surface area contributed by atoms with Gasteiger partial charge in [0.15, 0.2) is 0 Å². The smallest absolute Gasteiger partial charge is 0.254 e. The molecule has 2 heterocycles. The van der Waals surface area contributed by atoms with E-state index in [0.29, 0.717) is 13.2 Å². The van der Waals surface area contributed by atoms with Crippen LogP contribution in [0.5, 0.6) is 0 Å². The van der Waals surface area contributed by atoms with Crippen molar-refractivity contribution in [3.05, 3.63) is 52.8 Å². The highest BCUT2D eigenvalue weighted by Gasteiger charge is 2.24. The Kier molecular flexibility index (Phi) is 3.52. The minimum atomic E-state index is 0.0597. The summed E-state index contributed by atoms with van der Waals surface area (Å²) in [5, 5.41) is 7.01. The average Bonchev–Trinajstić information content (AvgIpc) is 2.95. The molecule has 0 bridgehead atoms. The van der Waals surface area contributed by atoms with E-state index in [1.807, 2.05) is 29.2 Å². The van der Waals surface area contributed by atoms with Crippen molar-refractivity contribution in [2.45, 2.75) is 19.6 Å². The number of benzene rings is 1. The number of nitrogens with zero attached hydrogens (tertiary/aromatic N) is 2. The van der Waals surface area contributed by atoms with Gasteiger partial charge in [0.2, 0.25) is 0 Å². The molecular weight excluding hydrogens is 254 g/mol. The standard InChI is InChI=1S/C15H17N3O2/c1-20-10-11-4-2-3-5-13(11)15(19)18-7-6-14-12(9-18)8-16-17-14/h2-5,8H,6-7,9-10H2,1H3,(H,16,17). The molecule has 0 spiro atoms. The number of hydrogen-bond donors (Lipinski definition) is 1. The van der Waals surface area contributed by atoms with Crippen LogP contribution in [0.2, 0.25) is 0 Å². The van der Waals surface area contributed by atoms with E-state index in [1.165, 1.54) is 0 Å². The summed E-state index contributed by atoms with van der Waals surface area (Å²) in [6.07, 6.45) is 2.63. The number of nitrogens with one attached hydrogen (secondary N) is 1. The van der Waals surface area contributed by atoms with Gasteiger partial charge in [0.25, 0.3) is 5.91 Å². The van der Waals surface area contributed by atoms with E-state index in [0.717, 1.165) is 35.3 Å². The van der Waals surface area contributed by atoms with Crippen LogP contribution in [0.25, 0.3) is 0 Å². The lowest BCUT2D eigenvalue weighted by Crippen LogP contribution is -2.36. The van der Waals surface area contributed by atoms with Crippen LogP contribution in [0.1, 0.15) is 27.2 Å². The molecular formula is C15H17N3O2. The fourth-order valence-corrected chi connectivity index (χ4v) is 2.58. The fourth-order valence-electron chi connectivity index (χ4n) is 2.58. The van der Waals surface area contributed by atoms with Gasteiger partial charge in [-0.1, -0.05) is 18.2 Å². The zero-order chi connectivity index (χ0) is 13.9. The summed E-state index contributed by atoms with van der Waals surface area (Å²) in [6, 6.07) is 7.61. The average molecular weight is 271 g/mol. The van der Waals surface area contributed by atoms with Crippen LogP contribution in [0.3, 0.4) is 0 Å². The molecule has 20 heavy (non-hydrogen) atoms. The molecule has 0 aliphatic carbocycles. The predicted octanol–water partition coefficient (Wildman–Crippen LogP) is 1.75. The van der Waals surface area contributed by atoms with E-state index >= 15 is 0 Å². The second kappa shape index (κ2) is 5.46. The molecule has 1 aromatic heterocycles. The highest BCUT2D eigenvalue weighted by atomic mass is 16.5. The van der Waals surface area contributed by atoms with E-state index in [9.17, 15) is 4.79 Å². The summed E-state index contributed by atoms with van der Waals surface area (Å²) in [5.41, 5.74) is 3.90. The van der Waals surface area contributed by atoms with E-state index in [1.54, 1.807) is 13.3 Å². The summed E-state index contributed by atoms with van der Waals surface area (Å²) in [4.78, 5) is 14.5. The van der Waals surface area contributed by atoms with Gasteiger partial charge in [0.1, 0.15) is 0 Å². The monoisotopic (exact) mass is 271 g/mol. The molecule has 5 nitrogen and oxygen atoms in total. The zero-order valence-electron chi connectivity index (χ0n) is 11.4. The van der Waals surface area contributed by atoms with E-state index < -0.39 is 0 Å². The zero-order valence-corrected chi connectivity index (χ0v) is 11.4. The topological polar surface area (TPSA) is 58.2 Å².